The van der Waals surface area contributed by atoms with Gasteiger partial charge in [0.05, 0.1) is 95.0 Å². The fourth-order valence-electron chi connectivity index (χ4n) is 13.5. The van der Waals surface area contributed by atoms with Crippen LogP contribution in [-0.4, -0.2) is 69.1 Å². The molecule has 386 valence electrons. The predicted octanol–water partition coefficient (Wildman–Crippen LogP) is 15.5. The summed E-state index contributed by atoms with van der Waals surface area (Å²) in [7, 11) is 0. The highest BCUT2D eigenvalue weighted by molar-refractivity contribution is 6.16. The molecule has 10 aromatic carbocycles. The molecule has 8 heteroatoms. The van der Waals surface area contributed by atoms with Gasteiger partial charge in [-0.1, -0.05) is 72.8 Å². The van der Waals surface area contributed by atoms with E-state index in [9.17, 15) is 0 Å². The Labute approximate surface area is 461 Å². The lowest BCUT2D eigenvalue weighted by Gasteiger charge is -2.11. The van der Waals surface area contributed by atoms with Gasteiger partial charge in [-0.3, -0.25) is 0 Å². The first kappa shape index (κ1) is 45.1. The maximum Gasteiger partial charge on any atom is 0.0850 e. The van der Waals surface area contributed by atoms with Crippen LogP contribution in [0.3, 0.4) is 0 Å². The number of fused-ring (bicyclic) bond motifs is 12. The van der Waals surface area contributed by atoms with Gasteiger partial charge >= 0.3 is 0 Å². The van der Waals surface area contributed by atoms with Crippen molar-refractivity contribution in [2.45, 2.75) is 50.1 Å². The zero-order valence-electron chi connectivity index (χ0n) is 44.0. The Kier molecular flexibility index (Phi) is 9.80. The van der Waals surface area contributed by atoms with Crippen molar-refractivity contribution in [3.8, 4) is 33.9 Å². The van der Waals surface area contributed by atoms with E-state index in [4.69, 9.17) is 18.9 Å². The molecule has 4 atom stereocenters. The van der Waals surface area contributed by atoms with Crippen molar-refractivity contribution in [1.82, 2.24) is 18.3 Å². The highest BCUT2D eigenvalue weighted by Crippen LogP contribution is 2.43. The van der Waals surface area contributed by atoms with Crippen molar-refractivity contribution < 1.29 is 18.9 Å². The number of benzene rings is 10. The highest BCUT2D eigenvalue weighted by Gasteiger charge is 2.28. The first-order chi connectivity index (χ1) is 39.6. The van der Waals surface area contributed by atoms with Crippen LogP contribution in [0.5, 0.6) is 0 Å². The molecular weight excluding hydrogens is 985 g/mol. The number of hydrogen-bond acceptors (Lipinski definition) is 4. The highest BCUT2D eigenvalue weighted by atomic mass is 16.6. The largest absolute Gasteiger partial charge is 0.373 e. The number of aromatic nitrogens is 4. The van der Waals surface area contributed by atoms with Gasteiger partial charge in [0.25, 0.3) is 0 Å². The second kappa shape index (κ2) is 17.4. The summed E-state index contributed by atoms with van der Waals surface area (Å²) in [4.78, 5) is 0. The summed E-state index contributed by atoms with van der Waals surface area (Å²) >= 11 is 0. The zero-order valence-corrected chi connectivity index (χ0v) is 44.0. The molecule has 4 saturated heterocycles. The normalized spacial score (nSPS) is 18.6. The van der Waals surface area contributed by atoms with Crippen LogP contribution in [0.25, 0.3) is 121 Å². The molecule has 4 fully saturated rings. The van der Waals surface area contributed by atoms with E-state index < -0.39 is 0 Å². The lowest BCUT2D eigenvalue weighted by molar-refractivity contribution is 0.407. The zero-order chi connectivity index (χ0) is 52.2. The number of nitrogens with zero attached hydrogens (tertiary/aromatic N) is 4. The van der Waals surface area contributed by atoms with Crippen molar-refractivity contribution in [3.05, 3.63) is 229 Å². The average Bonchev–Trinajstić information content (AvgIpc) is 4.47. The fraction of sp³-hybridized carbons (Fsp3) is 0.167. The van der Waals surface area contributed by atoms with Gasteiger partial charge in [-0.25, -0.2) is 0 Å². The van der Waals surface area contributed by atoms with E-state index in [0.29, 0.717) is 24.4 Å². The summed E-state index contributed by atoms with van der Waals surface area (Å²) in [5, 5.41) is 9.95. The van der Waals surface area contributed by atoms with Gasteiger partial charge in [-0.15, -0.1) is 0 Å². The molecular formula is C72H54N4O4. The van der Waals surface area contributed by atoms with E-state index in [1.54, 1.807) is 0 Å². The molecule has 4 aliphatic rings. The van der Waals surface area contributed by atoms with Crippen LogP contribution < -0.4 is 0 Å². The third-order valence-corrected chi connectivity index (χ3v) is 17.6. The van der Waals surface area contributed by atoms with E-state index in [-0.39, 0.29) is 0 Å². The first-order valence-corrected chi connectivity index (χ1v) is 28.4. The Morgan fingerprint density at radius 2 is 0.500 bits per heavy atom. The molecule has 4 aliphatic heterocycles. The second-order valence-corrected chi connectivity index (χ2v) is 22.9. The quantitative estimate of drug-likeness (QED) is 0.108. The summed E-state index contributed by atoms with van der Waals surface area (Å²) in [6.45, 7) is 3.38. The maximum absolute atomic E-state index is 5.69. The van der Waals surface area contributed by atoms with Gasteiger partial charge in [0, 0.05) is 91.5 Å². The van der Waals surface area contributed by atoms with Gasteiger partial charge < -0.3 is 37.2 Å². The first-order valence-electron chi connectivity index (χ1n) is 28.4. The molecule has 0 radical (unpaired) electrons. The fourth-order valence-corrected chi connectivity index (χ4v) is 13.5. The van der Waals surface area contributed by atoms with Crippen molar-refractivity contribution >= 4 is 87.2 Å². The minimum absolute atomic E-state index is 0.322. The van der Waals surface area contributed by atoms with Crippen LogP contribution in [0.2, 0.25) is 0 Å². The van der Waals surface area contributed by atoms with Gasteiger partial charge in [-0.2, -0.15) is 0 Å². The van der Waals surface area contributed by atoms with Crippen LogP contribution in [-0.2, 0) is 44.6 Å². The molecule has 4 unspecified atom stereocenters. The summed E-state index contributed by atoms with van der Waals surface area (Å²) < 4.78 is 32.6. The van der Waals surface area contributed by atoms with Gasteiger partial charge in [0.1, 0.15) is 0 Å². The van der Waals surface area contributed by atoms with Crippen molar-refractivity contribution in [3.63, 3.8) is 0 Å². The molecule has 0 saturated carbocycles. The number of ether oxygens (including phenoxy) is 4. The number of epoxide rings is 4. The molecule has 8 heterocycles. The van der Waals surface area contributed by atoms with E-state index in [1.165, 1.54) is 121 Å². The van der Waals surface area contributed by atoms with Gasteiger partial charge in [0.15, 0.2) is 0 Å². The molecule has 4 aromatic heterocycles. The Bertz CT molecular complexity index is 4420. The van der Waals surface area contributed by atoms with E-state index in [1.807, 2.05) is 0 Å². The standard InChI is InChI=1S/C72H54N4O4/c1-3-7-49(8-4-1)73-69-23-15-47(35-61(69)63-37-51(17-25-71(63)73)75-65-19-11-43(27-53-39-77-53)31-57(65)58-32-44(12-20-66(58)75)28-54-40-78-54)48-16-24-70-62(36-48)64-38-52(18-26-72(64)74(70)50-9-5-2-6-10-50)76-67-21-13-45(29-55-41-79-55)33-59(67)60-34-46(14-22-68(60)76)30-56-42-80-56/h1-26,31-38,53-56H,27-30,39-42H2. The molecule has 0 bridgehead atoms. The van der Waals surface area contributed by atoms with Crippen LogP contribution in [0.1, 0.15) is 22.3 Å². The van der Waals surface area contributed by atoms with Crippen LogP contribution in [0.4, 0.5) is 0 Å². The molecule has 8 nitrogen and oxygen atoms in total. The Hall–Kier alpha value is -8.76. The third-order valence-electron chi connectivity index (χ3n) is 17.6. The van der Waals surface area contributed by atoms with E-state index in [2.05, 4.69) is 225 Å². The second-order valence-electron chi connectivity index (χ2n) is 22.9. The smallest absolute Gasteiger partial charge is 0.0850 e. The van der Waals surface area contributed by atoms with E-state index in [0.717, 1.165) is 74.9 Å². The summed E-state index contributed by atoms with van der Waals surface area (Å²) in [6.07, 6.45) is 5.04. The van der Waals surface area contributed by atoms with Gasteiger partial charge in [-0.05, 0) is 167 Å². The number of hydrogen-bond donors (Lipinski definition) is 0. The topological polar surface area (TPSA) is 69.8 Å². The maximum atomic E-state index is 5.69. The SMILES string of the molecule is c1ccc(-n2c3ccc(-c4ccc5c(c4)c4cc(-n6c7ccc(CC8CO8)cc7c7cc(CC8CO8)ccc76)ccc4n5-c4ccccc4)cc3c3cc(-n4c5ccc(CC6CO6)cc5c5cc(CC6CO6)ccc54)ccc32)cc1. The predicted molar refractivity (Wildman–Crippen MR) is 323 cm³/mol. The molecule has 0 amide bonds. The lowest BCUT2D eigenvalue weighted by atomic mass is 10.0. The summed E-state index contributed by atoms with van der Waals surface area (Å²) in [5.41, 5.74) is 21.7. The lowest BCUT2D eigenvalue weighted by Crippen LogP contribution is -1.97. The van der Waals surface area contributed by atoms with E-state index >= 15 is 0 Å². The summed E-state index contributed by atoms with van der Waals surface area (Å²) in [5.74, 6) is 0. The summed E-state index contributed by atoms with van der Waals surface area (Å²) in [6, 6.07) is 78.0. The monoisotopic (exact) mass is 1040 g/mol. The van der Waals surface area contributed by atoms with Crippen LogP contribution in [0.15, 0.2) is 206 Å². The molecule has 0 aliphatic carbocycles. The number of para-hydroxylation sites is 2. The van der Waals surface area contributed by atoms with Crippen LogP contribution >= 0.6 is 0 Å². The molecule has 0 N–H and O–H groups in total. The van der Waals surface area contributed by atoms with Crippen LogP contribution in [0, 0.1) is 0 Å². The molecule has 14 aromatic rings. The molecule has 18 rings (SSSR count). The third kappa shape index (κ3) is 7.51. The Balaban J connectivity index is 0.816. The number of rotatable bonds is 13. The minimum atomic E-state index is 0.322. The van der Waals surface area contributed by atoms with Gasteiger partial charge in [0.2, 0.25) is 0 Å². The van der Waals surface area contributed by atoms with Crippen molar-refractivity contribution in [1.29, 1.82) is 0 Å². The average molecular weight is 1040 g/mol. The van der Waals surface area contributed by atoms with Crippen molar-refractivity contribution in [2.75, 3.05) is 26.4 Å². The minimum Gasteiger partial charge on any atom is -0.373 e. The molecule has 80 heavy (non-hydrogen) atoms. The Morgan fingerprint density at radius 1 is 0.250 bits per heavy atom. The van der Waals surface area contributed by atoms with Crippen molar-refractivity contribution in [2.24, 2.45) is 0 Å². The molecule has 0 spiro atoms. The Morgan fingerprint density at radius 3 is 0.800 bits per heavy atom.